The van der Waals surface area contributed by atoms with Crippen molar-refractivity contribution >= 4 is 38.9 Å². The lowest BCUT2D eigenvalue weighted by molar-refractivity contribution is 0.0588. The summed E-state index contributed by atoms with van der Waals surface area (Å²) in [5.74, 6) is 0.381. The highest BCUT2D eigenvalue weighted by Crippen LogP contribution is 2.27. The largest absolute Gasteiger partial charge is 0.336 e. The van der Waals surface area contributed by atoms with Gasteiger partial charge in [-0.05, 0) is 18.6 Å². The van der Waals surface area contributed by atoms with Crippen LogP contribution in [0.5, 0.6) is 0 Å². The Morgan fingerprint density at radius 1 is 1.13 bits per heavy atom. The molecule has 0 bridgehead atoms. The van der Waals surface area contributed by atoms with Gasteiger partial charge in [0.25, 0.3) is 5.91 Å². The van der Waals surface area contributed by atoms with Gasteiger partial charge in [0.15, 0.2) is 9.84 Å². The molecule has 8 heteroatoms. The quantitative estimate of drug-likeness (QED) is 0.791. The van der Waals surface area contributed by atoms with Crippen LogP contribution < -0.4 is 0 Å². The predicted octanol–water partition coefficient (Wildman–Crippen LogP) is 1.94. The molecule has 1 amide bonds. The monoisotopic (exact) mass is 376 g/mol. The number of sulfone groups is 1. The first-order valence-corrected chi connectivity index (χ1v) is 10.1. The minimum absolute atomic E-state index is 0.0898. The van der Waals surface area contributed by atoms with Gasteiger partial charge in [-0.25, -0.2) is 8.42 Å². The zero-order valence-electron chi connectivity index (χ0n) is 12.5. The second-order valence-electron chi connectivity index (χ2n) is 5.99. The first kappa shape index (κ1) is 17.0. The zero-order valence-corrected chi connectivity index (χ0v) is 14.9. The number of hydrogen-bond donors (Lipinski definition) is 0. The summed E-state index contributed by atoms with van der Waals surface area (Å²) >= 11 is 12.1. The van der Waals surface area contributed by atoms with Gasteiger partial charge in [0.05, 0.1) is 27.1 Å². The summed E-state index contributed by atoms with van der Waals surface area (Å²) in [7, 11) is -2.88. The van der Waals surface area contributed by atoms with Crippen LogP contribution in [0.2, 0.25) is 10.0 Å². The molecular formula is C15H18Cl2N2O3S. The molecule has 2 aliphatic rings. The van der Waals surface area contributed by atoms with Gasteiger partial charge in [-0.2, -0.15) is 0 Å². The maximum atomic E-state index is 12.6. The van der Waals surface area contributed by atoms with Gasteiger partial charge in [-0.15, -0.1) is 0 Å². The van der Waals surface area contributed by atoms with E-state index in [0.717, 1.165) is 0 Å². The molecule has 0 N–H and O–H groups in total. The minimum Gasteiger partial charge on any atom is -0.336 e. The Bertz CT molecular complexity index is 715. The van der Waals surface area contributed by atoms with E-state index >= 15 is 0 Å². The Kier molecular flexibility index (Phi) is 4.88. The maximum absolute atomic E-state index is 12.6. The third-order valence-electron chi connectivity index (χ3n) is 4.51. The van der Waals surface area contributed by atoms with Crippen molar-refractivity contribution in [1.82, 2.24) is 9.80 Å². The Morgan fingerprint density at radius 3 is 2.43 bits per heavy atom. The number of hydrogen-bond acceptors (Lipinski definition) is 4. The van der Waals surface area contributed by atoms with Crippen molar-refractivity contribution in [2.24, 2.45) is 0 Å². The second-order valence-corrected chi connectivity index (χ2v) is 9.00. The van der Waals surface area contributed by atoms with Crippen LogP contribution in [0.1, 0.15) is 16.8 Å². The lowest BCUT2D eigenvalue weighted by Crippen LogP contribution is -2.52. The van der Waals surface area contributed by atoms with Gasteiger partial charge in [0.2, 0.25) is 0 Å². The fraction of sp³-hybridized carbons (Fsp3) is 0.533. The van der Waals surface area contributed by atoms with Crippen LogP contribution >= 0.6 is 23.2 Å². The van der Waals surface area contributed by atoms with E-state index in [1.807, 2.05) is 0 Å². The smallest absolute Gasteiger partial charge is 0.255 e. The van der Waals surface area contributed by atoms with Crippen molar-refractivity contribution in [3.63, 3.8) is 0 Å². The van der Waals surface area contributed by atoms with Gasteiger partial charge in [0.1, 0.15) is 0 Å². The van der Waals surface area contributed by atoms with Crippen LogP contribution in [0.15, 0.2) is 18.2 Å². The number of carbonyl (C=O) groups excluding carboxylic acids is 1. The molecule has 1 aromatic rings. The average Bonchev–Trinajstić information content (AvgIpc) is 2.90. The highest BCUT2D eigenvalue weighted by atomic mass is 35.5. The number of halogens is 2. The fourth-order valence-electron chi connectivity index (χ4n) is 3.19. The minimum atomic E-state index is -2.88. The van der Waals surface area contributed by atoms with Gasteiger partial charge < -0.3 is 4.90 Å². The number of amides is 1. The highest BCUT2D eigenvalue weighted by molar-refractivity contribution is 7.91. The molecule has 5 nitrogen and oxygen atoms in total. The van der Waals surface area contributed by atoms with E-state index in [2.05, 4.69) is 4.90 Å². The zero-order chi connectivity index (χ0) is 16.6. The standard InChI is InChI=1S/C15H18Cl2N2O3S/c16-13-3-1-2-12(14(13)17)15(20)19-7-5-18(6-8-19)11-4-9-23(21,22)10-11/h1-3,11H,4-10H2. The summed E-state index contributed by atoms with van der Waals surface area (Å²) in [4.78, 5) is 16.5. The van der Waals surface area contributed by atoms with Crippen molar-refractivity contribution < 1.29 is 13.2 Å². The summed E-state index contributed by atoms with van der Waals surface area (Å²) in [6.07, 6.45) is 0.691. The van der Waals surface area contributed by atoms with Crippen LogP contribution in [-0.4, -0.2) is 67.9 Å². The Labute approximate surface area is 146 Å². The van der Waals surface area contributed by atoms with Crippen molar-refractivity contribution in [3.05, 3.63) is 33.8 Å². The second kappa shape index (κ2) is 6.59. The Balaban J connectivity index is 1.63. The molecule has 3 rings (SSSR count). The number of carbonyl (C=O) groups is 1. The summed E-state index contributed by atoms with van der Waals surface area (Å²) in [6, 6.07) is 5.12. The van der Waals surface area contributed by atoms with E-state index in [1.165, 1.54) is 0 Å². The summed E-state index contributed by atoms with van der Waals surface area (Å²) in [6.45, 7) is 2.50. The van der Waals surface area contributed by atoms with E-state index in [9.17, 15) is 13.2 Å². The lowest BCUT2D eigenvalue weighted by Gasteiger charge is -2.37. The summed E-state index contributed by atoms with van der Waals surface area (Å²) in [5, 5.41) is 0.649. The van der Waals surface area contributed by atoms with Crippen molar-refractivity contribution in [3.8, 4) is 0 Å². The molecule has 2 saturated heterocycles. The molecule has 0 radical (unpaired) electrons. The summed E-state index contributed by atoms with van der Waals surface area (Å²) in [5.41, 5.74) is 0.413. The third-order valence-corrected chi connectivity index (χ3v) is 7.08. The van der Waals surface area contributed by atoms with Crippen molar-refractivity contribution in [1.29, 1.82) is 0 Å². The summed E-state index contributed by atoms with van der Waals surface area (Å²) < 4.78 is 23.2. The van der Waals surface area contributed by atoms with Gasteiger partial charge in [-0.1, -0.05) is 29.3 Å². The number of piperazine rings is 1. The molecule has 0 spiro atoms. The van der Waals surface area contributed by atoms with E-state index in [1.54, 1.807) is 23.1 Å². The molecule has 0 aromatic heterocycles. The molecular weight excluding hydrogens is 359 g/mol. The van der Waals surface area contributed by atoms with E-state index in [-0.39, 0.29) is 28.5 Å². The molecule has 23 heavy (non-hydrogen) atoms. The Hall–Kier alpha value is -0.820. The third kappa shape index (κ3) is 3.65. The van der Waals surface area contributed by atoms with Crippen LogP contribution in [0, 0.1) is 0 Å². The van der Waals surface area contributed by atoms with E-state index in [4.69, 9.17) is 23.2 Å². The first-order valence-electron chi connectivity index (χ1n) is 7.55. The van der Waals surface area contributed by atoms with Crippen LogP contribution in [-0.2, 0) is 9.84 Å². The number of nitrogens with zero attached hydrogens (tertiary/aromatic N) is 2. The topological polar surface area (TPSA) is 57.7 Å². The SMILES string of the molecule is O=C(c1cccc(Cl)c1Cl)N1CCN(C2CCS(=O)(=O)C2)CC1. The van der Waals surface area contributed by atoms with Crippen molar-refractivity contribution in [2.75, 3.05) is 37.7 Å². The number of benzene rings is 1. The van der Waals surface area contributed by atoms with E-state index < -0.39 is 9.84 Å². The fourth-order valence-corrected chi connectivity index (χ4v) is 5.34. The molecule has 0 aliphatic carbocycles. The molecule has 0 saturated carbocycles. The van der Waals surface area contributed by atoms with Gasteiger partial charge in [-0.3, -0.25) is 9.69 Å². The Morgan fingerprint density at radius 2 is 1.83 bits per heavy atom. The maximum Gasteiger partial charge on any atom is 0.255 e. The van der Waals surface area contributed by atoms with Crippen molar-refractivity contribution in [2.45, 2.75) is 12.5 Å². The first-order chi connectivity index (χ1) is 10.9. The van der Waals surface area contributed by atoms with Crippen LogP contribution in [0.3, 0.4) is 0 Å². The average molecular weight is 377 g/mol. The normalized spacial score (nSPS) is 24.8. The van der Waals surface area contributed by atoms with Gasteiger partial charge in [0, 0.05) is 32.2 Å². The molecule has 126 valence electrons. The molecule has 1 aromatic carbocycles. The molecule has 2 fully saturated rings. The van der Waals surface area contributed by atoms with Crippen LogP contribution in [0.4, 0.5) is 0 Å². The lowest BCUT2D eigenvalue weighted by atomic mass is 10.1. The molecule has 1 unspecified atom stereocenters. The predicted molar refractivity (Wildman–Crippen MR) is 91.0 cm³/mol. The number of rotatable bonds is 2. The highest BCUT2D eigenvalue weighted by Gasteiger charge is 2.34. The molecule has 2 heterocycles. The molecule has 2 aliphatic heterocycles. The molecule has 1 atom stereocenters. The van der Waals surface area contributed by atoms with Crippen LogP contribution in [0.25, 0.3) is 0 Å². The van der Waals surface area contributed by atoms with E-state index in [0.29, 0.717) is 43.2 Å². The van der Waals surface area contributed by atoms with Gasteiger partial charge >= 0.3 is 0 Å².